The zero-order valence-electron chi connectivity index (χ0n) is 11.2. The Morgan fingerprint density at radius 1 is 1.18 bits per heavy atom. The minimum atomic E-state index is -1.80. The molecule has 0 fully saturated rings. The summed E-state index contributed by atoms with van der Waals surface area (Å²) in [5.41, 5.74) is 0. The monoisotopic (exact) mass is 300 g/mol. The van der Waals surface area contributed by atoms with Crippen molar-refractivity contribution in [3.8, 4) is 0 Å². The third-order valence-electron chi connectivity index (χ3n) is 1.73. The highest BCUT2D eigenvalue weighted by Gasteiger charge is 2.42. The lowest BCUT2D eigenvalue weighted by Crippen LogP contribution is -2.41. The quantitative estimate of drug-likeness (QED) is 0.294. The summed E-state index contributed by atoms with van der Waals surface area (Å²) < 4.78 is 15.0. The molecule has 0 aliphatic rings. The maximum absolute atomic E-state index is 6.23. The smallest absolute Gasteiger partial charge is 0.241 e. The van der Waals surface area contributed by atoms with E-state index in [-0.39, 0.29) is 5.76 Å². The molecular weight excluding hydrogens is 279 g/mol. The van der Waals surface area contributed by atoms with Gasteiger partial charge in [-0.15, -0.1) is 0 Å². The molecule has 0 N–H and O–H groups in total. The molecule has 3 nitrogen and oxygen atoms in total. The van der Waals surface area contributed by atoms with Crippen LogP contribution in [-0.2, 0) is 13.9 Å². The lowest BCUT2D eigenvalue weighted by atomic mass is 10.3. The van der Waals surface area contributed by atoms with Crippen molar-refractivity contribution in [3.05, 3.63) is 12.3 Å². The number of alkyl halides is 2. The molecule has 0 saturated heterocycles. The van der Waals surface area contributed by atoms with Crippen LogP contribution in [0.1, 0.15) is 13.8 Å². The number of ether oxygens (including phenoxy) is 2. The van der Waals surface area contributed by atoms with Crippen LogP contribution in [0.3, 0.4) is 0 Å². The zero-order valence-corrected chi connectivity index (χ0v) is 13.7. The van der Waals surface area contributed by atoms with Gasteiger partial charge >= 0.3 is 0 Å². The van der Waals surface area contributed by atoms with Crippen LogP contribution in [0.5, 0.6) is 0 Å². The van der Waals surface area contributed by atoms with Crippen LogP contribution in [-0.4, -0.2) is 32.2 Å². The Hall–Kier alpha value is 0.257. The maximum Gasteiger partial charge on any atom is 0.241 e. The molecule has 0 unspecified atom stereocenters. The first-order valence-electron chi connectivity index (χ1n) is 5.64. The van der Waals surface area contributed by atoms with Crippen molar-refractivity contribution in [1.29, 1.82) is 0 Å². The van der Waals surface area contributed by atoms with Gasteiger partial charge in [-0.1, -0.05) is 29.8 Å². The number of hydrogen-bond donors (Lipinski definition) is 0. The molecule has 0 radical (unpaired) electrons. The summed E-state index contributed by atoms with van der Waals surface area (Å²) in [4.78, 5) is 0. The standard InChI is InChI=1S/C11H22Cl2O3Si/c1-7-14-10(15-8-2)11(12,13)9(3)16-17(4,5)6/h10H,3,7-8H2,1-2,4-6H3. The lowest BCUT2D eigenvalue weighted by Gasteiger charge is -2.33. The Labute approximate surface area is 115 Å². The van der Waals surface area contributed by atoms with Gasteiger partial charge in [0.1, 0.15) is 5.76 Å². The van der Waals surface area contributed by atoms with Crippen molar-refractivity contribution in [3.63, 3.8) is 0 Å². The number of rotatable bonds is 8. The molecule has 0 atom stereocenters. The molecular formula is C11H22Cl2O3Si. The molecule has 0 heterocycles. The summed E-state index contributed by atoms with van der Waals surface area (Å²) in [5.74, 6) is 0.284. The fraction of sp³-hybridized carbons (Fsp3) is 0.818. The second kappa shape index (κ2) is 7.00. The predicted octanol–water partition coefficient (Wildman–Crippen LogP) is 3.92. The van der Waals surface area contributed by atoms with Crippen molar-refractivity contribution in [1.82, 2.24) is 0 Å². The molecule has 0 amide bonds. The van der Waals surface area contributed by atoms with E-state index in [9.17, 15) is 0 Å². The number of halogens is 2. The molecule has 0 aromatic carbocycles. The highest BCUT2D eigenvalue weighted by molar-refractivity contribution is 6.70. The molecule has 0 spiro atoms. The van der Waals surface area contributed by atoms with Gasteiger partial charge in [0, 0.05) is 13.2 Å². The van der Waals surface area contributed by atoms with Crippen LogP contribution in [0.15, 0.2) is 12.3 Å². The minimum absolute atomic E-state index is 0.284. The van der Waals surface area contributed by atoms with E-state index < -0.39 is 18.9 Å². The van der Waals surface area contributed by atoms with Crippen molar-refractivity contribution in [2.24, 2.45) is 0 Å². The van der Waals surface area contributed by atoms with Crippen molar-refractivity contribution < 1.29 is 13.9 Å². The first kappa shape index (κ1) is 17.3. The van der Waals surface area contributed by atoms with Gasteiger partial charge in [-0.3, -0.25) is 0 Å². The van der Waals surface area contributed by atoms with Gasteiger partial charge in [0.25, 0.3) is 0 Å². The predicted molar refractivity (Wildman–Crippen MR) is 75.0 cm³/mol. The first-order valence-corrected chi connectivity index (χ1v) is 9.81. The SMILES string of the molecule is C=C(O[Si](C)(C)C)C(Cl)(Cl)C(OCC)OCC. The van der Waals surface area contributed by atoms with Gasteiger partial charge < -0.3 is 13.9 Å². The van der Waals surface area contributed by atoms with Crippen LogP contribution in [0.25, 0.3) is 0 Å². The van der Waals surface area contributed by atoms with Crippen molar-refractivity contribution >= 4 is 31.5 Å². The fourth-order valence-corrected chi connectivity index (χ4v) is 2.49. The van der Waals surface area contributed by atoms with Gasteiger partial charge in [0.15, 0.2) is 6.29 Å². The van der Waals surface area contributed by atoms with Gasteiger partial charge in [-0.05, 0) is 33.5 Å². The van der Waals surface area contributed by atoms with Gasteiger partial charge in [-0.2, -0.15) is 0 Å². The van der Waals surface area contributed by atoms with Crippen LogP contribution < -0.4 is 0 Å². The van der Waals surface area contributed by atoms with E-state index in [0.717, 1.165) is 0 Å². The molecule has 0 rings (SSSR count). The summed E-state index contributed by atoms with van der Waals surface area (Å²) in [7, 11) is -1.80. The second-order valence-electron chi connectivity index (χ2n) is 4.50. The molecule has 102 valence electrons. The Morgan fingerprint density at radius 2 is 1.59 bits per heavy atom. The maximum atomic E-state index is 6.23. The Kier molecular flexibility index (Phi) is 7.10. The minimum Gasteiger partial charge on any atom is -0.545 e. The van der Waals surface area contributed by atoms with Crippen molar-refractivity contribution in [2.75, 3.05) is 13.2 Å². The Morgan fingerprint density at radius 3 is 1.88 bits per heavy atom. The topological polar surface area (TPSA) is 27.7 Å². The summed E-state index contributed by atoms with van der Waals surface area (Å²) >= 11 is 12.5. The average Bonchev–Trinajstić information content (AvgIpc) is 2.14. The summed E-state index contributed by atoms with van der Waals surface area (Å²) in [6.45, 7) is 14.5. The van der Waals surface area contributed by atoms with E-state index >= 15 is 0 Å². The van der Waals surface area contributed by atoms with E-state index in [2.05, 4.69) is 6.58 Å². The van der Waals surface area contributed by atoms with E-state index in [0.29, 0.717) is 13.2 Å². The normalized spacial score (nSPS) is 12.9. The fourth-order valence-electron chi connectivity index (χ4n) is 1.13. The summed E-state index contributed by atoms with van der Waals surface area (Å²) in [6, 6.07) is 0. The number of hydrogen-bond acceptors (Lipinski definition) is 3. The lowest BCUT2D eigenvalue weighted by molar-refractivity contribution is -0.142. The summed E-state index contributed by atoms with van der Waals surface area (Å²) in [5, 5.41) is 0. The Balaban J connectivity index is 4.74. The molecule has 0 aliphatic carbocycles. The van der Waals surface area contributed by atoms with E-state index in [1.165, 1.54) is 0 Å². The van der Waals surface area contributed by atoms with Crippen LogP contribution in [0, 0.1) is 0 Å². The molecule has 17 heavy (non-hydrogen) atoms. The van der Waals surface area contributed by atoms with Crippen LogP contribution in [0.4, 0.5) is 0 Å². The van der Waals surface area contributed by atoms with E-state index in [1.54, 1.807) is 0 Å². The van der Waals surface area contributed by atoms with Gasteiger partial charge in [-0.25, -0.2) is 0 Å². The molecule has 0 aromatic rings. The van der Waals surface area contributed by atoms with E-state index in [4.69, 9.17) is 37.1 Å². The van der Waals surface area contributed by atoms with Crippen molar-refractivity contribution in [2.45, 2.75) is 44.1 Å². The van der Waals surface area contributed by atoms with Crippen LogP contribution in [0.2, 0.25) is 19.6 Å². The first-order chi connectivity index (χ1) is 7.65. The van der Waals surface area contributed by atoms with Gasteiger partial charge in [0.2, 0.25) is 12.7 Å². The third kappa shape index (κ3) is 6.11. The zero-order chi connectivity index (χ0) is 13.7. The van der Waals surface area contributed by atoms with Gasteiger partial charge in [0.05, 0.1) is 0 Å². The van der Waals surface area contributed by atoms with E-state index in [1.807, 2.05) is 33.5 Å². The summed E-state index contributed by atoms with van der Waals surface area (Å²) in [6.07, 6.45) is -0.773. The second-order valence-corrected chi connectivity index (χ2v) is 10.3. The molecule has 0 bridgehead atoms. The molecule has 0 aromatic heterocycles. The third-order valence-corrected chi connectivity index (χ3v) is 3.37. The molecule has 0 aliphatic heterocycles. The average molecular weight is 301 g/mol. The Bertz CT molecular complexity index is 246. The van der Waals surface area contributed by atoms with Crippen LogP contribution >= 0.6 is 23.2 Å². The largest absolute Gasteiger partial charge is 0.545 e. The highest BCUT2D eigenvalue weighted by atomic mass is 35.5. The highest BCUT2D eigenvalue weighted by Crippen LogP contribution is 2.37. The molecule has 0 saturated carbocycles. The molecule has 6 heteroatoms.